The molecule has 0 radical (unpaired) electrons. The molecule has 2 heterocycles. The van der Waals surface area contributed by atoms with Crippen LogP contribution in [0.25, 0.3) is 0 Å². The van der Waals surface area contributed by atoms with E-state index >= 15 is 0 Å². The molecule has 2 N–H and O–H groups in total. The number of carbonyl (C=O) groups excluding carboxylic acids is 2. The number of benzene rings is 1. The predicted molar refractivity (Wildman–Crippen MR) is 97.1 cm³/mol. The summed E-state index contributed by atoms with van der Waals surface area (Å²) < 4.78 is 18.9. The lowest BCUT2D eigenvalue weighted by Gasteiger charge is -2.31. The summed E-state index contributed by atoms with van der Waals surface area (Å²) in [6.07, 6.45) is 1.13. The van der Waals surface area contributed by atoms with Crippen molar-refractivity contribution in [2.24, 2.45) is 0 Å². The number of nitrogens with zero attached hydrogens (tertiary/aromatic N) is 1. The van der Waals surface area contributed by atoms with Crippen molar-refractivity contribution < 1.29 is 23.8 Å². The predicted octanol–water partition coefficient (Wildman–Crippen LogP) is 2.41. The van der Waals surface area contributed by atoms with E-state index in [2.05, 4.69) is 5.32 Å². The van der Waals surface area contributed by atoms with Crippen LogP contribution in [0, 0.1) is 5.82 Å². The Morgan fingerprint density at radius 1 is 1.33 bits per heavy atom. The summed E-state index contributed by atoms with van der Waals surface area (Å²) in [5.74, 6) is -0.872. The van der Waals surface area contributed by atoms with Gasteiger partial charge in [0.2, 0.25) is 0 Å². The number of imide groups is 1. The van der Waals surface area contributed by atoms with Crippen molar-refractivity contribution in [3.8, 4) is 5.75 Å². The van der Waals surface area contributed by atoms with E-state index in [1.807, 2.05) is 11.4 Å². The third kappa shape index (κ3) is 3.08. The second kappa shape index (κ2) is 6.94. The highest BCUT2D eigenvalue weighted by Gasteiger charge is 2.54. The first-order chi connectivity index (χ1) is 13.0. The molecule has 142 valence electrons. The number of ether oxygens (including phenoxy) is 1. The molecule has 1 saturated heterocycles. The Kier molecular flexibility index (Phi) is 4.61. The summed E-state index contributed by atoms with van der Waals surface area (Å²) in [4.78, 5) is 27.6. The largest absolute Gasteiger partial charge is 0.488 e. The zero-order chi connectivity index (χ0) is 19.0. The van der Waals surface area contributed by atoms with E-state index in [4.69, 9.17) is 4.74 Å². The second-order valence-corrected chi connectivity index (χ2v) is 7.76. The summed E-state index contributed by atoms with van der Waals surface area (Å²) in [5, 5.41) is 15.0. The summed E-state index contributed by atoms with van der Waals surface area (Å²) in [7, 11) is 0. The molecule has 1 fully saturated rings. The van der Waals surface area contributed by atoms with Crippen LogP contribution in [0.3, 0.4) is 0 Å². The highest BCUT2D eigenvalue weighted by molar-refractivity contribution is 7.10. The molecule has 3 amide bonds. The molecule has 1 aromatic heterocycles. The molecule has 6 nitrogen and oxygen atoms in total. The fourth-order valence-electron chi connectivity index (χ4n) is 3.72. The van der Waals surface area contributed by atoms with Gasteiger partial charge in [0.25, 0.3) is 5.91 Å². The summed E-state index contributed by atoms with van der Waals surface area (Å²) in [6.45, 7) is -0.435. The minimum absolute atomic E-state index is 0.0143. The van der Waals surface area contributed by atoms with Crippen LogP contribution >= 0.6 is 11.3 Å². The number of hydrogen-bond acceptors (Lipinski definition) is 5. The van der Waals surface area contributed by atoms with E-state index in [1.165, 1.54) is 18.2 Å². The SMILES string of the molecule is O=C1N[C@@]2(CCCc3sccc32)C(=O)N1C[C@H](O)COc1ccccc1F. The van der Waals surface area contributed by atoms with Crippen LogP contribution in [0.1, 0.15) is 23.3 Å². The molecule has 27 heavy (non-hydrogen) atoms. The van der Waals surface area contributed by atoms with Gasteiger partial charge in [-0.25, -0.2) is 9.18 Å². The number of nitrogens with one attached hydrogen (secondary N) is 1. The van der Waals surface area contributed by atoms with Crippen LogP contribution in [0.5, 0.6) is 5.75 Å². The molecule has 2 aromatic rings. The van der Waals surface area contributed by atoms with Crippen molar-refractivity contribution in [2.45, 2.75) is 30.9 Å². The summed E-state index contributed by atoms with van der Waals surface area (Å²) in [5.41, 5.74) is -0.173. The van der Waals surface area contributed by atoms with Crippen molar-refractivity contribution in [1.29, 1.82) is 0 Å². The number of aliphatic hydroxyl groups excluding tert-OH is 1. The third-order valence-electron chi connectivity index (χ3n) is 5.00. The zero-order valence-corrected chi connectivity index (χ0v) is 15.3. The second-order valence-electron chi connectivity index (χ2n) is 6.76. The van der Waals surface area contributed by atoms with Gasteiger partial charge in [-0.2, -0.15) is 0 Å². The van der Waals surface area contributed by atoms with Gasteiger partial charge >= 0.3 is 6.03 Å². The number of para-hydroxylation sites is 1. The van der Waals surface area contributed by atoms with Gasteiger partial charge in [-0.05, 0) is 42.8 Å². The van der Waals surface area contributed by atoms with Crippen LogP contribution in [-0.2, 0) is 16.8 Å². The van der Waals surface area contributed by atoms with Crippen molar-refractivity contribution in [3.63, 3.8) is 0 Å². The maximum atomic E-state index is 13.6. The highest BCUT2D eigenvalue weighted by Crippen LogP contribution is 2.42. The molecule has 2 atom stereocenters. The van der Waals surface area contributed by atoms with Crippen LogP contribution in [0.2, 0.25) is 0 Å². The first-order valence-corrected chi connectivity index (χ1v) is 9.65. The summed E-state index contributed by atoms with van der Waals surface area (Å²) >= 11 is 1.58. The number of fused-ring (bicyclic) bond motifs is 2. The van der Waals surface area contributed by atoms with E-state index in [9.17, 15) is 19.1 Å². The first-order valence-electron chi connectivity index (χ1n) is 8.77. The molecule has 0 unspecified atom stereocenters. The Bertz CT molecular complexity index is 886. The molecule has 1 aliphatic carbocycles. The maximum absolute atomic E-state index is 13.6. The Labute approximate surface area is 159 Å². The molecular formula is C19H19FN2O4S. The first kappa shape index (κ1) is 17.9. The standard InChI is InChI=1S/C19H19FN2O4S/c20-14-4-1-2-5-15(14)26-11-12(23)10-22-17(24)19(21-18(22)25)8-3-6-16-13(19)7-9-27-16/h1-2,4-5,7,9,12,23H,3,6,8,10-11H2,(H,21,25)/t12-,19+/m0/s1. The molecule has 0 bridgehead atoms. The molecular weight excluding hydrogens is 371 g/mol. The monoisotopic (exact) mass is 390 g/mol. The van der Waals surface area contributed by atoms with Crippen molar-refractivity contribution in [2.75, 3.05) is 13.2 Å². The molecule has 1 aliphatic heterocycles. The quantitative estimate of drug-likeness (QED) is 0.769. The minimum atomic E-state index is -1.13. The van der Waals surface area contributed by atoms with Gasteiger partial charge < -0.3 is 15.2 Å². The van der Waals surface area contributed by atoms with Crippen molar-refractivity contribution >= 4 is 23.3 Å². The number of amides is 3. The Morgan fingerprint density at radius 2 is 2.15 bits per heavy atom. The van der Waals surface area contributed by atoms with Crippen LogP contribution < -0.4 is 10.1 Å². The number of halogens is 1. The zero-order valence-electron chi connectivity index (χ0n) is 14.5. The minimum Gasteiger partial charge on any atom is -0.488 e. The lowest BCUT2D eigenvalue weighted by molar-refractivity contribution is -0.133. The van der Waals surface area contributed by atoms with Crippen molar-refractivity contribution in [1.82, 2.24) is 10.2 Å². The van der Waals surface area contributed by atoms with Gasteiger partial charge in [0.05, 0.1) is 6.54 Å². The number of β-amino-alcohol motifs (C(OH)–C–C–N with tert-alkyl or cyclic N) is 1. The van der Waals surface area contributed by atoms with Crippen molar-refractivity contribution in [3.05, 3.63) is 52.0 Å². The van der Waals surface area contributed by atoms with E-state index in [0.717, 1.165) is 28.2 Å². The number of aliphatic hydroxyl groups is 1. The van der Waals surface area contributed by atoms with Crippen LogP contribution in [-0.4, -0.2) is 41.2 Å². The number of aryl methyl sites for hydroxylation is 1. The van der Waals surface area contributed by atoms with Gasteiger partial charge in [-0.1, -0.05) is 12.1 Å². The number of rotatable bonds is 5. The molecule has 0 saturated carbocycles. The summed E-state index contributed by atoms with van der Waals surface area (Å²) in [6, 6.07) is 7.22. The Hall–Kier alpha value is -2.45. The Morgan fingerprint density at radius 3 is 2.96 bits per heavy atom. The number of urea groups is 1. The van der Waals surface area contributed by atoms with E-state index in [-0.39, 0.29) is 24.8 Å². The highest BCUT2D eigenvalue weighted by atomic mass is 32.1. The average molecular weight is 390 g/mol. The maximum Gasteiger partial charge on any atom is 0.325 e. The number of thiophene rings is 1. The Balaban J connectivity index is 1.45. The van der Waals surface area contributed by atoms with Crippen LogP contribution in [0.15, 0.2) is 35.7 Å². The van der Waals surface area contributed by atoms with Gasteiger partial charge in [-0.3, -0.25) is 9.69 Å². The molecule has 1 aromatic carbocycles. The lowest BCUT2D eigenvalue weighted by Crippen LogP contribution is -2.46. The van der Waals surface area contributed by atoms with Gasteiger partial charge in [-0.15, -0.1) is 11.3 Å². The fraction of sp³-hybridized carbons (Fsp3) is 0.368. The smallest absolute Gasteiger partial charge is 0.325 e. The van der Waals surface area contributed by atoms with Gasteiger partial charge in [0.1, 0.15) is 18.2 Å². The third-order valence-corrected chi connectivity index (χ3v) is 5.98. The molecule has 8 heteroatoms. The van der Waals surface area contributed by atoms with E-state index in [1.54, 1.807) is 17.4 Å². The number of carbonyl (C=O) groups is 2. The fourth-order valence-corrected chi connectivity index (χ4v) is 4.72. The lowest BCUT2D eigenvalue weighted by atomic mass is 9.80. The number of hydrogen-bond donors (Lipinski definition) is 2. The normalized spacial score (nSPS) is 22.7. The van der Waals surface area contributed by atoms with E-state index in [0.29, 0.717) is 6.42 Å². The molecule has 2 aliphatic rings. The molecule has 4 rings (SSSR count). The van der Waals surface area contributed by atoms with Gasteiger partial charge in [0.15, 0.2) is 11.6 Å². The van der Waals surface area contributed by atoms with Gasteiger partial charge in [0, 0.05) is 10.4 Å². The van der Waals surface area contributed by atoms with E-state index < -0.39 is 23.5 Å². The van der Waals surface area contributed by atoms with Crippen LogP contribution in [0.4, 0.5) is 9.18 Å². The average Bonchev–Trinajstić information content (AvgIpc) is 3.22. The molecule has 1 spiro atoms. The topological polar surface area (TPSA) is 78.9 Å².